The lowest BCUT2D eigenvalue weighted by Crippen LogP contribution is -2.30. The van der Waals surface area contributed by atoms with Crippen LogP contribution >= 0.6 is 0 Å². The number of furan rings is 1. The molecule has 5 nitrogen and oxygen atoms in total. The van der Waals surface area contributed by atoms with Crippen molar-refractivity contribution >= 4 is 16.2 Å². The summed E-state index contributed by atoms with van der Waals surface area (Å²) in [6, 6.07) is 11.4. The highest BCUT2D eigenvalue weighted by atomic mass is 32.2. The largest absolute Gasteiger partial charge is 0.467 e. The molecule has 0 aliphatic heterocycles. The third kappa shape index (κ3) is 3.72. The second-order valence-electron chi connectivity index (χ2n) is 4.67. The minimum Gasteiger partial charge on any atom is -0.467 e. The minimum absolute atomic E-state index is 0.114. The summed E-state index contributed by atoms with van der Waals surface area (Å²) in [5, 5.41) is 0. The number of hydrogen-bond acceptors (Lipinski definition) is 4. The molecule has 0 saturated heterocycles. The first-order valence-electron chi connectivity index (χ1n) is 6.57. The van der Waals surface area contributed by atoms with Crippen LogP contribution in [0.2, 0.25) is 0 Å². The van der Waals surface area contributed by atoms with Gasteiger partial charge in [-0.1, -0.05) is 18.2 Å². The highest BCUT2D eigenvalue weighted by Crippen LogP contribution is 2.19. The second-order valence-corrected chi connectivity index (χ2v) is 6.78. The molecule has 6 heteroatoms. The number of hydrogen-bond donors (Lipinski definition) is 0. The molecule has 1 amide bonds. The van der Waals surface area contributed by atoms with Crippen LogP contribution in [0.1, 0.15) is 18.7 Å². The highest BCUT2D eigenvalue weighted by Gasteiger charge is 2.20. The van der Waals surface area contributed by atoms with Gasteiger partial charge in [0.05, 0.1) is 23.0 Å². The summed E-state index contributed by atoms with van der Waals surface area (Å²) in [5.74, 6) is 0.500. The molecule has 0 bridgehead atoms. The van der Waals surface area contributed by atoms with Crippen molar-refractivity contribution in [2.24, 2.45) is 0 Å². The van der Waals surface area contributed by atoms with Gasteiger partial charge in [0.15, 0.2) is 9.84 Å². The fourth-order valence-corrected chi connectivity index (χ4v) is 3.26. The topological polar surface area (TPSA) is 67.6 Å². The summed E-state index contributed by atoms with van der Waals surface area (Å²) in [4.78, 5) is 12.9. The van der Waals surface area contributed by atoms with Crippen LogP contribution in [-0.2, 0) is 14.6 Å². The van der Waals surface area contributed by atoms with E-state index in [1.165, 1.54) is 11.2 Å². The Hall–Kier alpha value is -2.08. The van der Waals surface area contributed by atoms with E-state index >= 15 is 0 Å². The predicted molar refractivity (Wildman–Crippen MR) is 78.4 cm³/mol. The molecule has 1 atom stereocenters. The molecule has 0 aliphatic carbocycles. The molecule has 0 N–H and O–H groups in total. The molecule has 0 aliphatic rings. The zero-order chi connectivity index (χ0) is 15.3. The molecule has 1 unspecified atom stereocenters. The Morgan fingerprint density at radius 2 is 1.90 bits per heavy atom. The van der Waals surface area contributed by atoms with Crippen LogP contribution in [0.4, 0.5) is 0 Å². The fourth-order valence-electron chi connectivity index (χ4n) is 2.00. The molecule has 21 heavy (non-hydrogen) atoms. The van der Waals surface area contributed by atoms with Gasteiger partial charge in [-0.2, -0.15) is 0 Å². The van der Waals surface area contributed by atoms with Crippen LogP contribution in [-0.4, -0.2) is 32.0 Å². The van der Waals surface area contributed by atoms with E-state index in [1.54, 1.807) is 49.4 Å². The number of benzene rings is 1. The molecule has 0 radical (unpaired) electrons. The molecule has 2 aromatic rings. The van der Waals surface area contributed by atoms with Crippen LogP contribution < -0.4 is 0 Å². The van der Waals surface area contributed by atoms with Crippen LogP contribution in [0, 0.1) is 0 Å². The van der Waals surface area contributed by atoms with Gasteiger partial charge < -0.3 is 9.32 Å². The Bertz CT molecular complexity index is 665. The first-order chi connectivity index (χ1) is 10.0. The van der Waals surface area contributed by atoms with Crippen molar-refractivity contribution in [1.82, 2.24) is 4.90 Å². The Balaban J connectivity index is 2.05. The number of carbonyl (C=O) groups is 1. The van der Waals surface area contributed by atoms with Crippen molar-refractivity contribution in [1.29, 1.82) is 0 Å². The minimum atomic E-state index is -3.40. The van der Waals surface area contributed by atoms with E-state index in [4.69, 9.17) is 4.42 Å². The van der Waals surface area contributed by atoms with Crippen LogP contribution in [0.5, 0.6) is 0 Å². The molecule has 1 heterocycles. The number of carbonyl (C=O) groups excluding carboxylic acids is 1. The average molecular weight is 307 g/mol. The number of amides is 1. The Kier molecular flexibility index (Phi) is 4.80. The normalized spacial score (nSPS) is 12.8. The van der Waals surface area contributed by atoms with E-state index in [-0.39, 0.29) is 23.2 Å². The highest BCUT2D eigenvalue weighted by molar-refractivity contribution is 7.91. The van der Waals surface area contributed by atoms with Gasteiger partial charge in [0, 0.05) is 6.54 Å². The van der Waals surface area contributed by atoms with Crippen molar-refractivity contribution in [3.8, 4) is 0 Å². The van der Waals surface area contributed by atoms with Gasteiger partial charge in [0.2, 0.25) is 6.41 Å². The molecule has 0 fully saturated rings. The van der Waals surface area contributed by atoms with Gasteiger partial charge in [-0.05, 0) is 31.2 Å². The van der Waals surface area contributed by atoms with Crippen molar-refractivity contribution in [3.63, 3.8) is 0 Å². The van der Waals surface area contributed by atoms with Crippen molar-refractivity contribution in [2.75, 3.05) is 12.3 Å². The van der Waals surface area contributed by atoms with Crippen LogP contribution in [0.25, 0.3) is 0 Å². The maximum absolute atomic E-state index is 12.2. The SMILES string of the molecule is CC(c1ccco1)N(C=O)CCS(=O)(=O)c1ccccc1. The fraction of sp³-hybridized carbons (Fsp3) is 0.267. The van der Waals surface area contributed by atoms with Crippen molar-refractivity contribution in [2.45, 2.75) is 17.9 Å². The molecule has 112 valence electrons. The Morgan fingerprint density at radius 3 is 2.48 bits per heavy atom. The molecule has 2 rings (SSSR count). The molecule has 1 aromatic carbocycles. The van der Waals surface area contributed by atoms with Gasteiger partial charge >= 0.3 is 0 Å². The zero-order valence-corrected chi connectivity index (χ0v) is 12.5. The predicted octanol–water partition coefficient (Wildman–Crippen LogP) is 2.27. The number of nitrogens with zero attached hydrogens (tertiary/aromatic N) is 1. The molecular formula is C15H17NO4S. The summed E-state index contributed by atoms with van der Waals surface area (Å²) in [5.41, 5.74) is 0. The Morgan fingerprint density at radius 1 is 1.19 bits per heavy atom. The van der Waals surface area contributed by atoms with Crippen LogP contribution in [0.3, 0.4) is 0 Å². The quantitative estimate of drug-likeness (QED) is 0.736. The summed E-state index contributed by atoms with van der Waals surface area (Å²) in [7, 11) is -3.40. The monoisotopic (exact) mass is 307 g/mol. The van der Waals surface area contributed by atoms with Crippen molar-refractivity contribution < 1.29 is 17.6 Å². The molecular weight excluding hydrogens is 290 g/mol. The summed E-state index contributed by atoms with van der Waals surface area (Å²) in [6.45, 7) is 1.91. The molecule has 1 aromatic heterocycles. The van der Waals surface area contributed by atoms with Gasteiger partial charge in [-0.25, -0.2) is 8.42 Å². The smallest absolute Gasteiger partial charge is 0.210 e. The summed E-state index contributed by atoms with van der Waals surface area (Å²) < 4.78 is 29.6. The number of rotatable bonds is 7. The summed E-state index contributed by atoms with van der Waals surface area (Å²) >= 11 is 0. The lowest BCUT2D eigenvalue weighted by Gasteiger charge is -2.23. The molecule has 0 saturated carbocycles. The standard InChI is InChI=1S/C15H17NO4S/c1-13(15-8-5-10-20-15)16(12-17)9-11-21(18,19)14-6-3-2-4-7-14/h2-8,10,12-13H,9,11H2,1H3. The van der Waals surface area contributed by atoms with E-state index < -0.39 is 9.84 Å². The van der Waals surface area contributed by atoms with E-state index in [0.29, 0.717) is 12.2 Å². The van der Waals surface area contributed by atoms with Gasteiger partial charge in [0.1, 0.15) is 5.76 Å². The maximum Gasteiger partial charge on any atom is 0.210 e. The van der Waals surface area contributed by atoms with Gasteiger partial charge in [-0.3, -0.25) is 4.79 Å². The van der Waals surface area contributed by atoms with E-state index in [0.717, 1.165) is 0 Å². The Labute approximate surface area is 124 Å². The van der Waals surface area contributed by atoms with Gasteiger partial charge in [-0.15, -0.1) is 0 Å². The van der Waals surface area contributed by atoms with E-state index in [1.807, 2.05) is 0 Å². The maximum atomic E-state index is 12.2. The first kappa shape index (κ1) is 15.3. The lowest BCUT2D eigenvalue weighted by atomic mass is 10.2. The number of sulfone groups is 1. The second kappa shape index (κ2) is 6.58. The third-order valence-corrected chi connectivity index (χ3v) is 5.02. The molecule has 0 spiro atoms. The van der Waals surface area contributed by atoms with Crippen molar-refractivity contribution in [3.05, 3.63) is 54.5 Å². The van der Waals surface area contributed by atoms with E-state index in [9.17, 15) is 13.2 Å². The van der Waals surface area contributed by atoms with E-state index in [2.05, 4.69) is 0 Å². The van der Waals surface area contributed by atoms with Gasteiger partial charge in [0.25, 0.3) is 0 Å². The van der Waals surface area contributed by atoms with Crippen LogP contribution in [0.15, 0.2) is 58.0 Å². The lowest BCUT2D eigenvalue weighted by molar-refractivity contribution is -0.120. The third-order valence-electron chi connectivity index (χ3n) is 3.31. The average Bonchev–Trinajstić information content (AvgIpc) is 3.02. The zero-order valence-electron chi connectivity index (χ0n) is 11.7. The summed E-state index contributed by atoms with van der Waals surface area (Å²) in [6.07, 6.45) is 2.17. The first-order valence-corrected chi connectivity index (χ1v) is 8.22.